The number of hydrogen-bond donors (Lipinski definition) is 1. The van der Waals surface area contributed by atoms with Gasteiger partial charge < -0.3 is 19.7 Å². The number of anilines is 1. The van der Waals surface area contributed by atoms with Gasteiger partial charge >= 0.3 is 0 Å². The van der Waals surface area contributed by atoms with E-state index in [1.165, 1.54) is 12.1 Å². The van der Waals surface area contributed by atoms with Crippen LogP contribution in [0.25, 0.3) is 11.1 Å². The highest BCUT2D eigenvalue weighted by molar-refractivity contribution is 6.04. The van der Waals surface area contributed by atoms with Crippen molar-refractivity contribution in [1.82, 2.24) is 4.90 Å². The number of likely N-dealkylation sites (tertiary alicyclic amines) is 1. The molecule has 0 radical (unpaired) electrons. The Morgan fingerprint density at radius 1 is 0.939 bits per heavy atom. The minimum absolute atomic E-state index is 0.0547. The van der Waals surface area contributed by atoms with Crippen molar-refractivity contribution in [3.05, 3.63) is 78.1 Å². The van der Waals surface area contributed by atoms with Crippen LogP contribution in [0.3, 0.4) is 0 Å². The van der Waals surface area contributed by atoms with Crippen molar-refractivity contribution in [2.75, 3.05) is 32.1 Å². The first-order valence-corrected chi connectivity index (χ1v) is 10.8. The van der Waals surface area contributed by atoms with Crippen LogP contribution in [0, 0.1) is 5.82 Å². The molecule has 1 aliphatic rings. The molecule has 170 valence electrons. The maximum atomic E-state index is 14.7. The first kappa shape index (κ1) is 22.3. The molecule has 0 spiro atoms. The molecule has 0 atom stereocenters. The fourth-order valence-corrected chi connectivity index (χ4v) is 3.73. The highest BCUT2D eigenvalue weighted by Gasteiger charge is 2.18. The second-order valence-corrected chi connectivity index (χ2v) is 7.78. The number of carbonyl (C=O) groups excluding carboxylic acids is 2. The lowest BCUT2D eigenvalue weighted by atomic mass is 10.0. The third kappa shape index (κ3) is 5.49. The second kappa shape index (κ2) is 10.2. The average Bonchev–Trinajstić information content (AvgIpc) is 3.38. The van der Waals surface area contributed by atoms with Crippen LogP contribution in [0.4, 0.5) is 10.1 Å². The number of ether oxygens (including phenoxy) is 2. The van der Waals surface area contributed by atoms with E-state index in [0.717, 1.165) is 31.5 Å². The summed E-state index contributed by atoms with van der Waals surface area (Å²) in [5.74, 6) is -0.0815. The molecular weight excluding hydrogens is 423 g/mol. The Labute approximate surface area is 191 Å². The fourth-order valence-electron chi connectivity index (χ4n) is 3.73. The van der Waals surface area contributed by atoms with E-state index in [1.807, 2.05) is 12.1 Å². The van der Waals surface area contributed by atoms with Crippen LogP contribution in [0.15, 0.2) is 66.7 Å². The van der Waals surface area contributed by atoms with Gasteiger partial charge in [0.15, 0.2) is 6.61 Å². The molecule has 1 saturated heterocycles. The van der Waals surface area contributed by atoms with Gasteiger partial charge in [-0.3, -0.25) is 9.59 Å². The van der Waals surface area contributed by atoms with Crippen LogP contribution in [0.5, 0.6) is 11.5 Å². The zero-order chi connectivity index (χ0) is 23.2. The average molecular weight is 448 g/mol. The van der Waals surface area contributed by atoms with Crippen molar-refractivity contribution >= 4 is 17.5 Å². The molecule has 1 N–H and O–H groups in total. The molecule has 2 amide bonds. The Hall–Kier alpha value is -3.87. The van der Waals surface area contributed by atoms with Gasteiger partial charge in [-0.15, -0.1) is 0 Å². The number of hydrogen-bond acceptors (Lipinski definition) is 4. The second-order valence-electron chi connectivity index (χ2n) is 7.78. The molecule has 1 fully saturated rings. The summed E-state index contributed by atoms with van der Waals surface area (Å²) in [6.07, 6.45) is 2.04. The third-order valence-electron chi connectivity index (χ3n) is 5.55. The highest BCUT2D eigenvalue weighted by atomic mass is 19.1. The third-order valence-corrected chi connectivity index (χ3v) is 5.55. The molecule has 0 unspecified atom stereocenters. The maximum absolute atomic E-state index is 14.7. The quantitative estimate of drug-likeness (QED) is 0.566. The van der Waals surface area contributed by atoms with Gasteiger partial charge in [-0.25, -0.2) is 4.39 Å². The number of carbonyl (C=O) groups is 2. The summed E-state index contributed by atoms with van der Waals surface area (Å²) < 4.78 is 25.4. The Morgan fingerprint density at radius 3 is 2.36 bits per heavy atom. The number of nitrogens with one attached hydrogen (secondary N) is 1. The van der Waals surface area contributed by atoms with Crippen molar-refractivity contribution < 1.29 is 23.5 Å². The zero-order valence-electron chi connectivity index (χ0n) is 18.3. The van der Waals surface area contributed by atoms with Gasteiger partial charge in [0.05, 0.1) is 12.7 Å². The zero-order valence-corrected chi connectivity index (χ0v) is 18.3. The molecule has 3 aromatic rings. The van der Waals surface area contributed by atoms with Gasteiger partial charge in [-0.2, -0.15) is 0 Å². The Balaban J connectivity index is 1.40. The normalized spacial score (nSPS) is 13.0. The maximum Gasteiger partial charge on any atom is 0.260 e. The monoisotopic (exact) mass is 448 g/mol. The lowest BCUT2D eigenvalue weighted by molar-refractivity contribution is -0.132. The largest absolute Gasteiger partial charge is 0.497 e. The number of rotatable bonds is 7. The first-order valence-electron chi connectivity index (χ1n) is 10.8. The van der Waals surface area contributed by atoms with Crippen molar-refractivity contribution in [3.8, 4) is 22.6 Å². The molecule has 33 heavy (non-hydrogen) atoms. The molecule has 0 bridgehead atoms. The summed E-state index contributed by atoms with van der Waals surface area (Å²) in [5.41, 5.74) is 1.85. The van der Waals surface area contributed by atoms with Gasteiger partial charge in [-0.05, 0) is 60.4 Å². The standard InChI is InChI=1S/C26H25FN2O4/c1-32-21-10-7-18(8-11-21)19-9-12-23(24(27)15-19)26(31)28-20-5-4-6-22(16-20)33-17-25(30)29-13-2-3-14-29/h4-12,15-16H,2-3,13-14,17H2,1H3,(H,28,31). The summed E-state index contributed by atoms with van der Waals surface area (Å²) in [4.78, 5) is 26.6. The Morgan fingerprint density at radius 2 is 1.67 bits per heavy atom. The van der Waals surface area contributed by atoms with Gasteiger partial charge in [0, 0.05) is 24.8 Å². The lowest BCUT2D eigenvalue weighted by Crippen LogP contribution is -2.32. The fraction of sp³-hybridized carbons (Fsp3) is 0.231. The molecule has 7 heteroatoms. The van der Waals surface area contributed by atoms with Crippen molar-refractivity contribution in [2.24, 2.45) is 0 Å². The molecular formula is C26H25FN2O4. The minimum Gasteiger partial charge on any atom is -0.497 e. The number of amides is 2. The van der Waals surface area contributed by atoms with Crippen LogP contribution in [0.2, 0.25) is 0 Å². The molecule has 3 aromatic carbocycles. The summed E-state index contributed by atoms with van der Waals surface area (Å²) in [6, 6.07) is 18.4. The number of halogens is 1. The summed E-state index contributed by atoms with van der Waals surface area (Å²) >= 11 is 0. The van der Waals surface area contributed by atoms with Gasteiger partial charge in [0.1, 0.15) is 17.3 Å². The van der Waals surface area contributed by atoms with E-state index in [0.29, 0.717) is 22.7 Å². The first-order chi connectivity index (χ1) is 16.0. The Kier molecular flexibility index (Phi) is 6.88. The topological polar surface area (TPSA) is 67.9 Å². The van der Waals surface area contributed by atoms with Crippen LogP contribution in [0.1, 0.15) is 23.2 Å². The molecule has 6 nitrogen and oxygen atoms in total. The van der Waals surface area contributed by atoms with Crippen LogP contribution in [-0.4, -0.2) is 43.5 Å². The number of benzene rings is 3. The molecule has 1 aliphatic heterocycles. The van der Waals surface area contributed by atoms with Gasteiger partial charge in [0.25, 0.3) is 11.8 Å². The van der Waals surface area contributed by atoms with E-state index in [4.69, 9.17) is 9.47 Å². The van der Waals surface area contributed by atoms with E-state index in [9.17, 15) is 14.0 Å². The lowest BCUT2D eigenvalue weighted by Gasteiger charge is -2.16. The molecule has 0 aromatic heterocycles. The van der Waals surface area contributed by atoms with Crippen LogP contribution >= 0.6 is 0 Å². The summed E-state index contributed by atoms with van der Waals surface area (Å²) in [5, 5.41) is 2.69. The van der Waals surface area contributed by atoms with E-state index < -0.39 is 11.7 Å². The highest BCUT2D eigenvalue weighted by Crippen LogP contribution is 2.25. The number of nitrogens with zero attached hydrogens (tertiary/aromatic N) is 1. The predicted molar refractivity (Wildman–Crippen MR) is 124 cm³/mol. The predicted octanol–water partition coefficient (Wildman–Crippen LogP) is 4.75. The van der Waals surface area contributed by atoms with E-state index >= 15 is 0 Å². The smallest absolute Gasteiger partial charge is 0.260 e. The number of methoxy groups -OCH3 is 1. The van der Waals surface area contributed by atoms with Gasteiger partial charge in [-0.1, -0.05) is 24.3 Å². The Bertz CT molecular complexity index is 1140. The summed E-state index contributed by atoms with van der Waals surface area (Å²) in [6.45, 7) is 1.47. The molecule has 0 saturated carbocycles. The molecule has 4 rings (SSSR count). The van der Waals surface area contributed by atoms with Gasteiger partial charge in [0.2, 0.25) is 0 Å². The molecule has 1 heterocycles. The molecule has 0 aliphatic carbocycles. The van der Waals surface area contributed by atoms with Crippen molar-refractivity contribution in [3.63, 3.8) is 0 Å². The van der Waals surface area contributed by atoms with Crippen molar-refractivity contribution in [2.45, 2.75) is 12.8 Å². The minimum atomic E-state index is -0.621. The van der Waals surface area contributed by atoms with Crippen LogP contribution in [-0.2, 0) is 4.79 Å². The van der Waals surface area contributed by atoms with Crippen LogP contribution < -0.4 is 14.8 Å². The van der Waals surface area contributed by atoms with E-state index in [1.54, 1.807) is 54.5 Å². The van der Waals surface area contributed by atoms with E-state index in [2.05, 4.69) is 5.32 Å². The summed E-state index contributed by atoms with van der Waals surface area (Å²) in [7, 11) is 1.58. The van der Waals surface area contributed by atoms with Crippen molar-refractivity contribution in [1.29, 1.82) is 0 Å². The SMILES string of the molecule is COc1ccc(-c2ccc(C(=O)Nc3cccc(OCC(=O)N4CCCC4)c3)c(F)c2)cc1. The van der Waals surface area contributed by atoms with E-state index in [-0.39, 0.29) is 18.1 Å².